The van der Waals surface area contributed by atoms with Crippen molar-refractivity contribution in [3.8, 4) is 5.75 Å². The molecule has 0 spiro atoms. The van der Waals surface area contributed by atoms with Gasteiger partial charge in [-0.2, -0.15) is 12.1 Å². The molecule has 0 aliphatic rings. The molecule has 0 amide bonds. The van der Waals surface area contributed by atoms with Gasteiger partial charge in [0.2, 0.25) is 0 Å². The SMILES string of the molecule is CC(C)(C)c1ccc(O)c(C(C)(C)C)c1.Cc1cc2c(C(C)C)cccc2[cH-]1.Cc1cc2c(C(C)C)cccc2[cH-]1.[CH2-]CC[CH2-].[Zr+4]. The molecular weight excluding hydrogens is 636 g/mol. The fourth-order valence-corrected chi connectivity index (χ4v) is 5.43. The van der Waals surface area contributed by atoms with Crippen molar-refractivity contribution >= 4 is 21.5 Å². The number of hydrogen-bond donors (Lipinski definition) is 1. The summed E-state index contributed by atoms with van der Waals surface area (Å²) in [6.07, 6.45) is 1.92. The van der Waals surface area contributed by atoms with Crippen molar-refractivity contribution in [2.75, 3.05) is 0 Å². The molecule has 0 heterocycles. The summed E-state index contributed by atoms with van der Waals surface area (Å²) in [7, 11) is 0. The number of phenolic OH excluding ortho intramolecular Hbond substituents is 1. The van der Waals surface area contributed by atoms with Crippen LogP contribution in [-0.2, 0) is 37.0 Å². The van der Waals surface area contributed by atoms with Crippen LogP contribution in [0.25, 0.3) is 21.5 Å². The Morgan fingerprint density at radius 1 is 0.630 bits per heavy atom. The Morgan fingerprint density at radius 3 is 1.37 bits per heavy atom. The van der Waals surface area contributed by atoms with Crippen molar-refractivity contribution in [2.24, 2.45) is 0 Å². The summed E-state index contributed by atoms with van der Waals surface area (Å²) in [4.78, 5) is 0. The standard InChI is InChI=1S/C14H22O.2C13H15.C4H8.Zr/c1-13(2,3)10-7-8-12(15)11(9-10)14(4,5)6;2*1-9(2)12-6-4-5-11-7-10(3)8-13(11)12;1-3-4-2;/h7-9,15H,1-6H3;2*4-9H,1-3H3;1-4H2;/q;2*-1;-2;+4. The number of aromatic hydroxyl groups is 1. The Morgan fingerprint density at radius 2 is 1.04 bits per heavy atom. The third-order valence-corrected chi connectivity index (χ3v) is 8.02. The monoisotopic (exact) mass is 694 g/mol. The number of fused-ring (bicyclic) bond motifs is 2. The summed E-state index contributed by atoms with van der Waals surface area (Å²) in [6, 6.07) is 28.1. The van der Waals surface area contributed by atoms with Gasteiger partial charge >= 0.3 is 26.2 Å². The van der Waals surface area contributed by atoms with Crippen LogP contribution in [0.15, 0.2) is 78.9 Å². The van der Waals surface area contributed by atoms with Crippen LogP contribution in [0.1, 0.15) is 127 Å². The van der Waals surface area contributed by atoms with Gasteiger partial charge < -0.3 is 19.0 Å². The number of hydrogen-bond acceptors (Lipinski definition) is 1. The van der Waals surface area contributed by atoms with E-state index < -0.39 is 0 Å². The fourth-order valence-electron chi connectivity index (χ4n) is 5.43. The van der Waals surface area contributed by atoms with Gasteiger partial charge in [-0.1, -0.05) is 118 Å². The van der Waals surface area contributed by atoms with Crippen LogP contribution in [0.4, 0.5) is 0 Å². The molecule has 5 aromatic rings. The molecule has 46 heavy (non-hydrogen) atoms. The molecule has 1 N–H and O–H groups in total. The molecular formula is C44H60OZr. The molecule has 2 heteroatoms. The van der Waals surface area contributed by atoms with E-state index in [1.54, 1.807) is 6.07 Å². The van der Waals surface area contributed by atoms with Crippen LogP contribution < -0.4 is 0 Å². The molecule has 0 aromatic heterocycles. The molecule has 246 valence electrons. The molecule has 0 bridgehead atoms. The van der Waals surface area contributed by atoms with Gasteiger partial charge in [0.25, 0.3) is 0 Å². The minimum atomic E-state index is -0.00859. The van der Waals surface area contributed by atoms with E-state index in [0.717, 1.165) is 18.4 Å². The predicted octanol–water partition coefficient (Wildman–Crippen LogP) is 13.4. The second-order valence-electron chi connectivity index (χ2n) is 15.0. The molecule has 5 aromatic carbocycles. The number of phenols is 1. The Balaban J connectivity index is 0.000000323. The van der Waals surface area contributed by atoms with E-state index in [0.29, 0.717) is 17.6 Å². The minimum absolute atomic E-state index is 0. The molecule has 0 aliphatic carbocycles. The summed E-state index contributed by atoms with van der Waals surface area (Å²) in [6.45, 7) is 33.3. The molecule has 0 radical (unpaired) electrons. The first kappa shape index (κ1) is 41.6. The van der Waals surface area contributed by atoms with Crippen molar-refractivity contribution in [1.82, 2.24) is 0 Å². The third kappa shape index (κ3) is 12.0. The first-order valence-corrected chi connectivity index (χ1v) is 16.6. The van der Waals surface area contributed by atoms with Gasteiger partial charge in [0.15, 0.2) is 0 Å². The van der Waals surface area contributed by atoms with Crippen LogP contribution in [0.5, 0.6) is 5.75 Å². The maximum absolute atomic E-state index is 9.84. The van der Waals surface area contributed by atoms with Gasteiger partial charge in [0, 0.05) is 0 Å². The van der Waals surface area contributed by atoms with Crippen molar-refractivity contribution in [3.05, 3.63) is 126 Å². The van der Waals surface area contributed by atoms with Crippen molar-refractivity contribution in [1.29, 1.82) is 0 Å². The van der Waals surface area contributed by atoms with Gasteiger partial charge in [0.1, 0.15) is 5.75 Å². The van der Waals surface area contributed by atoms with Gasteiger partial charge in [-0.25, -0.2) is 12.8 Å². The molecule has 0 aliphatic heterocycles. The van der Waals surface area contributed by atoms with Crippen LogP contribution >= 0.6 is 0 Å². The van der Waals surface area contributed by atoms with Gasteiger partial charge in [-0.15, -0.1) is 69.1 Å². The second-order valence-corrected chi connectivity index (χ2v) is 15.0. The summed E-state index contributed by atoms with van der Waals surface area (Å²) in [5.41, 5.74) is 8.07. The van der Waals surface area contributed by atoms with E-state index in [4.69, 9.17) is 0 Å². The fraction of sp³-hybridized carbons (Fsp3) is 0.409. The number of benzene rings is 3. The quantitative estimate of drug-likeness (QED) is 0.186. The first-order chi connectivity index (χ1) is 20.9. The maximum Gasteiger partial charge on any atom is 4.00 e. The van der Waals surface area contributed by atoms with Crippen LogP contribution in [0, 0.1) is 27.7 Å². The van der Waals surface area contributed by atoms with Crippen molar-refractivity contribution in [3.63, 3.8) is 0 Å². The molecule has 0 unspecified atom stereocenters. The molecule has 0 saturated carbocycles. The van der Waals surface area contributed by atoms with Crippen LogP contribution in [0.3, 0.4) is 0 Å². The molecule has 0 fully saturated rings. The number of aryl methyl sites for hydroxylation is 2. The van der Waals surface area contributed by atoms with E-state index in [2.05, 4.69) is 164 Å². The predicted molar refractivity (Wildman–Crippen MR) is 202 cm³/mol. The van der Waals surface area contributed by atoms with Crippen molar-refractivity contribution < 1.29 is 31.3 Å². The molecule has 5 rings (SSSR count). The zero-order chi connectivity index (χ0) is 34.1. The van der Waals surface area contributed by atoms with Gasteiger partial charge in [-0.3, -0.25) is 0 Å². The summed E-state index contributed by atoms with van der Waals surface area (Å²) in [5, 5.41) is 15.4. The first-order valence-electron chi connectivity index (χ1n) is 16.6. The number of unbranched alkanes of at least 4 members (excludes halogenated alkanes) is 1. The third-order valence-electron chi connectivity index (χ3n) is 8.02. The van der Waals surface area contributed by atoms with E-state index in [9.17, 15) is 5.11 Å². The summed E-state index contributed by atoms with van der Waals surface area (Å²) in [5.74, 6) is 1.63. The Kier molecular flexibility index (Phi) is 16.5. The van der Waals surface area contributed by atoms with Crippen LogP contribution in [-0.4, -0.2) is 5.11 Å². The van der Waals surface area contributed by atoms with E-state index in [-0.39, 0.29) is 37.0 Å². The molecule has 0 saturated heterocycles. The Bertz CT molecular complexity index is 1530. The Labute approximate surface area is 301 Å². The Hall–Kier alpha value is -2.44. The largest absolute Gasteiger partial charge is 4.00 e. The van der Waals surface area contributed by atoms with Gasteiger partial charge in [0.05, 0.1) is 0 Å². The zero-order valence-electron chi connectivity index (χ0n) is 30.9. The van der Waals surface area contributed by atoms with E-state index >= 15 is 0 Å². The minimum Gasteiger partial charge on any atom is -0.508 e. The van der Waals surface area contributed by atoms with E-state index in [1.807, 2.05) is 6.07 Å². The number of rotatable bonds is 3. The topological polar surface area (TPSA) is 20.2 Å². The van der Waals surface area contributed by atoms with Gasteiger partial charge in [-0.05, 0) is 39.9 Å². The summed E-state index contributed by atoms with van der Waals surface area (Å²) < 4.78 is 0. The van der Waals surface area contributed by atoms with Crippen molar-refractivity contribution in [2.45, 2.75) is 119 Å². The molecule has 1 nitrogen and oxygen atoms in total. The maximum atomic E-state index is 9.84. The second kappa shape index (κ2) is 18.2. The molecule has 0 atom stereocenters. The smallest absolute Gasteiger partial charge is 0.508 e. The summed E-state index contributed by atoms with van der Waals surface area (Å²) >= 11 is 0. The average Bonchev–Trinajstić information content (AvgIpc) is 3.53. The zero-order valence-corrected chi connectivity index (χ0v) is 33.4. The normalized spacial score (nSPS) is 11.3. The van der Waals surface area contributed by atoms with E-state index in [1.165, 1.54) is 49.4 Å². The average molecular weight is 696 g/mol. The van der Waals surface area contributed by atoms with Crippen LogP contribution in [0.2, 0.25) is 0 Å².